The zero-order valence-electron chi connectivity index (χ0n) is 24.6. The molecule has 0 bridgehead atoms. The number of benzene rings is 2. The second kappa shape index (κ2) is 12.0. The Morgan fingerprint density at radius 2 is 1.67 bits per heavy atom. The Bertz CT molecular complexity index is 1510. The molecule has 5 rings (SSSR count). The third kappa shape index (κ3) is 5.74. The summed E-state index contributed by atoms with van der Waals surface area (Å²) in [7, 11) is 1.64. The molecule has 1 saturated heterocycles. The lowest BCUT2D eigenvalue weighted by molar-refractivity contribution is -0.137. The van der Waals surface area contributed by atoms with Gasteiger partial charge in [-0.1, -0.05) is 62.7 Å². The number of carbonyl (C=O) groups is 3. The van der Waals surface area contributed by atoms with Crippen LogP contribution in [0.5, 0.6) is 5.75 Å². The molecule has 11 heteroatoms. The standard InChI is InChI=1S/C31H36ClN5O4S/c1-20(38)34-14-16-35(17-15-34)25(39)18-36-26(40)19-42-28(21-10-6-9-13-24(21)41-5)27-29(31(2,3)4)33-37(30(27)36)23-12-8-7-11-22(23)32/h6-13,28H,14-19H2,1-5H3. The molecule has 2 aromatic carbocycles. The first-order valence-corrected chi connectivity index (χ1v) is 15.4. The van der Waals surface area contributed by atoms with Crippen molar-refractivity contribution in [3.63, 3.8) is 0 Å². The third-order valence-corrected chi connectivity index (χ3v) is 9.23. The number of aromatic nitrogens is 2. The van der Waals surface area contributed by atoms with E-state index < -0.39 is 5.41 Å². The Morgan fingerprint density at radius 1 is 1.02 bits per heavy atom. The molecule has 0 radical (unpaired) electrons. The average molecular weight is 610 g/mol. The number of halogens is 1. The molecule has 2 aliphatic rings. The van der Waals surface area contributed by atoms with Gasteiger partial charge in [-0.15, -0.1) is 11.8 Å². The molecule has 42 heavy (non-hydrogen) atoms. The highest BCUT2D eigenvalue weighted by atomic mass is 35.5. The maximum Gasteiger partial charge on any atom is 0.242 e. The van der Waals surface area contributed by atoms with Crippen LogP contribution < -0.4 is 9.64 Å². The van der Waals surface area contributed by atoms with E-state index in [1.807, 2.05) is 42.5 Å². The van der Waals surface area contributed by atoms with Gasteiger partial charge in [-0.3, -0.25) is 19.3 Å². The van der Waals surface area contributed by atoms with Crippen LogP contribution in [0.25, 0.3) is 5.69 Å². The molecule has 9 nitrogen and oxygen atoms in total. The van der Waals surface area contributed by atoms with E-state index in [-0.39, 0.29) is 35.3 Å². The van der Waals surface area contributed by atoms with Crippen LogP contribution in [0.1, 0.15) is 49.8 Å². The quantitative estimate of drug-likeness (QED) is 0.417. The van der Waals surface area contributed by atoms with Gasteiger partial charge in [0, 0.05) is 49.6 Å². The maximum atomic E-state index is 14.0. The molecule has 0 spiro atoms. The Balaban J connectivity index is 1.68. The number of fused-ring (bicyclic) bond motifs is 1. The van der Waals surface area contributed by atoms with E-state index in [9.17, 15) is 14.4 Å². The van der Waals surface area contributed by atoms with E-state index in [0.717, 1.165) is 16.8 Å². The first kappa shape index (κ1) is 30.0. The van der Waals surface area contributed by atoms with E-state index in [1.54, 1.807) is 32.6 Å². The van der Waals surface area contributed by atoms with Gasteiger partial charge in [0.25, 0.3) is 0 Å². The molecule has 2 aliphatic heterocycles. The van der Waals surface area contributed by atoms with E-state index in [1.165, 1.54) is 18.7 Å². The fraction of sp³-hybridized carbons (Fsp3) is 0.419. The summed E-state index contributed by atoms with van der Waals surface area (Å²) < 4.78 is 7.49. The van der Waals surface area contributed by atoms with Crippen LogP contribution in [0.15, 0.2) is 48.5 Å². The van der Waals surface area contributed by atoms with Crippen LogP contribution in [0.2, 0.25) is 5.02 Å². The minimum Gasteiger partial charge on any atom is -0.496 e. The molecule has 3 aromatic rings. The predicted molar refractivity (Wildman–Crippen MR) is 166 cm³/mol. The largest absolute Gasteiger partial charge is 0.496 e. The zero-order chi connectivity index (χ0) is 30.2. The molecular formula is C31H36ClN5O4S. The molecule has 1 atom stereocenters. The molecule has 0 saturated carbocycles. The summed E-state index contributed by atoms with van der Waals surface area (Å²) in [4.78, 5) is 44.6. The van der Waals surface area contributed by atoms with Gasteiger partial charge in [0.1, 0.15) is 18.1 Å². The molecule has 1 fully saturated rings. The first-order chi connectivity index (χ1) is 20.0. The van der Waals surface area contributed by atoms with Crippen LogP contribution in [-0.4, -0.2) is 82.9 Å². The van der Waals surface area contributed by atoms with Crippen molar-refractivity contribution < 1.29 is 19.1 Å². The Labute approximate surface area is 255 Å². The van der Waals surface area contributed by atoms with Gasteiger partial charge in [0.2, 0.25) is 17.7 Å². The number of hydrogen-bond acceptors (Lipinski definition) is 6. The number of thioether (sulfide) groups is 1. The van der Waals surface area contributed by atoms with Crippen molar-refractivity contribution in [2.45, 2.75) is 38.4 Å². The normalized spacial score (nSPS) is 17.6. The number of nitrogens with zero attached hydrogens (tertiary/aromatic N) is 5. The van der Waals surface area contributed by atoms with E-state index >= 15 is 0 Å². The second-order valence-electron chi connectivity index (χ2n) is 11.5. The minimum atomic E-state index is -0.399. The minimum absolute atomic E-state index is 0.00723. The number of piperazine rings is 1. The van der Waals surface area contributed by atoms with Crippen molar-refractivity contribution >= 4 is 46.9 Å². The number of methoxy groups -OCH3 is 1. The van der Waals surface area contributed by atoms with E-state index in [2.05, 4.69) is 20.8 Å². The van der Waals surface area contributed by atoms with Crippen molar-refractivity contribution in [3.8, 4) is 11.4 Å². The molecular weight excluding hydrogens is 574 g/mol. The van der Waals surface area contributed by atoms with Gasteiger partial charge in [0.15, 0.2) is 0 Å². The smallest absolute Gasteiger partial charge is 0.242 e. The van der Waals surface area contributed by atoms with E-state index in [4.69, 9.17) is 21.4 Å². The second-order valence-corrected chi connectivity index (χ2v) is 13.0. The van der Waals surface area contributed by atoms with Gasteiger partial charge in [-0.05, 0) is 18.2 Å². The molecule has 0 aliphatic carbocycles. The Hall–Kier alpha value is -3.50. The average Bonchev–Trinajstić information content (AvgIpc) is 3.30. The Kier molecular flexibility index (Phi) is 8.57. The summed E-state index contributed by atoms with van der Waals surface area (Å²) in [5.74, 6) is 1.04. The van der Waals surface area contributed by atoms with Crippen LogP contribution >= 0.6 is 23.4 Å². The van der Waals surface area contributed by atoms with Crippen molar-refractivity contribution in [1.82, 2.24) is 19.6 Å². The number of amides is 3. The number of para-hydroxylation sites is 2. The lowest BCUT2D eigenvalue weighted by Gasteiger charge is -2.35. The first-order valence-electron chi connectivity index (χ1n) is 14.0. The highest BCUT2D eigenvalue weighted by molar-refractivity contribution is 8.00. The van der Waals surface area contributed by atoms with Gasteiger partial charge < -0.3 is 14.5 Å². The molecule has 1 aromatic heterocycles. The van der Waals surface area contributed by atoms with Crippen molar-refractivity contribution in [3.05, 3.63) is 70.4 Å². The van der Waals surface area contributed by atoms with Crippen LogP contribution in [-0.2, 0) is 19.8 Å². The summed E-state index contributed by atoms with van der Waals surface area (Å²) in [6, 6.07) is 15.2. The van der Waals surface area contributed by atoms with E-state index in [0.29, 0.717) is 48.5 Å². The summed E-state index contributed by atoms with van der Waals surface area (Å²) in [5.41, 5.74) is 2.82. The molecule has 3 amide bonds. The summed E-state index contributed by atoms with van der Waals surface area (Å²) in [6.45, 7) is 9.44. The fourth-order valence-corrected chi connectivity index (χ4v) is 6.94. The van der Waals surface area contributed by atoms with Gasteiger partial charge in [0.05, 0.1) is 34.5 Å². The number of ether oxygens (including phenoxy) is 1. The fourth-order valence-electron chi connectivity index (χ4n) is 5.50. The lowest BCUT2D eigenvalue weighted by Crippen LogP contribution is -2.53. The van der Waals surface area contributed by atoms with Crippen molar-refractivity contribution in [1.29, 1.82) is 0 Å². The summed E-state index contributed by atoms with van der Waals surface area (Å²) in [6.07, 6.45) is 0. The number of rotatable bonds is 5. The van der Waals surface area contributed by atoms with Gasteiger partial charge in [-0.2, -0.15) is 5.10 Å². The van der Waals surface area contributed by atoms with Gasteiger partial charge >= 0.3 is 0 Å². The monoisotopic (exact) mass is 609 g/mol. The SMILES string of the molecule is COc1ccccc1C1SCC(=O)N(CC(=O)N2CCN(C(C)=O)CC2)c2c1c(C(C)(C)C)nn2-c1ccccc1Cl. The highest BCUT2D eigenvalue weighted by Crippen LogP contribution is 2.50. The number of anilines is 1. The van der Waals surface area contributed by atoms with Gasteiger partial charge in [-0.25, -0.2) is 4.68 Å². The lowest BCUT2D eigenvalue weighted by atomic mass is 9.87. The van der Waals surface area contributed by atoms with Crippen molar-refractivity contribution in [2.24, 2.45) is 0 Å². The zero-order valence-corrected chi connectivity index (χ0v) is 26.2. The molecule has 1 unspecified atom stereocenters. The highest BCUT2D eigenvalue weighted by Gasteiger charge is 2.41. The summed E-state index contributed by atoms with van der Waals surface area (Å²) in [5, 5.41) is 5.31. The third-order valence-electron chi connectivity index (χ3n) is 7.67. The van der Waals surface area contributed by atoms with Crippen LogP contribution in [0.3, 0.4) is 0 Å². The predicted octanol–water partition coefficient (Wildman–Crippen LogP) is 4.69. The number of carbonyl (C=O) groups excluding carboxylic acids is 3. The maximum absolute atomic E-state index is 14.0. The molecule has 222 valence electrons. The van der Waals surface area contributed by atoms with Crippen LogP contribution in [0.4, 0.5) is 5.82 Å². The molecule has 0 N–H and O–H groups in total. The van der Waals surface area contributed by atoms with Crippen LogP contribution in [0, 0.1) is 0 Å². The molecule has 3 heterocycles. The topological polar surface area (TPSA) is 88.0 Å². The number of hydrogen-bond donors (Lipinski definition) is 0. The van der Waals surface area contributed by atoms with Crippen molar-refractivity contribution in [2.75, 3.05) is 50.5 Å². The Morgan fingerprint density at radius 3 is 2.31 bits per heavy atom. The summed E-state index contributed by atoms with van der Waals surface area (Å²) >= 11 is 8.22.